The molecule has 0 saturated heterocycles. The predicted octanol–water partition coefficient (Wildman–Crippen LogP) is 3.94. The molecule has 2 aromatic heterocycles. The average Bonchev–Trinajstić information content (AvgIpc) is 3.37. The van der Waals surface area contributed by atoms with E-state index in [0.29, 0.717) is 34.3 Å². The van der Waals surface area contributed by atoms with Gasteiger partial charge in [-0.1, -0.05) is 38.5 Å². The summed E-state index contributed by atoms with van der Waals surface area (Å²) in [6, 6.07) is 3.08. The number of anilines is 2. The highest BCUT2D eigenvalue weighted by Crippen LogP contribution is 2.30. The number of aliphatic hydroxyl groups is 1. The van der Waals surface area contributed by atoms with Crippen molar-refractivity contribution in [1.82, 2.24) is 25.1 Å². The van der Waals surface area contributed by atoms with Crippen LogP contribution in [0.25, 0.3) is 22.6 Å². The molecular formula is C22H30FN7O2. The molecule has 0 bridgehead atoms. The van der Waals surface area contributed by atoms with Gasteiger partial charge in [-0.05, 0) is 24.6 Å². The van der Waals surface area contributed by atoms with E-state index in [2.05, 4.69) is 35.8 Å². The van der Waals surface area contributed by atoms with Crippen LogP contribution in [0.1, 0.15) is 45.5 Å². The molecule has 9 nitrogen and oxygen atoms in total. The lowest BCUT2D eigenvalue weighted by Gasteiger charge is -2.17. The van der Waals surface area contributed by atoms with E-state index < -0.39 is 5.82 Å². The van der Waals surface area contributed by atoms with Crippen molar-refractivity contribution in [2.75, 3.05) is 24.3 Å². The first kappa shape index (κ1) is 23.3. The smallest absolute Gasteiger partial charge is 0.244 e. The molecule has 3 aromatic rings. The topological polar surface area (TPSA) is 129 Å². The molecule has 4 N–H and O–H groups in total. The number of benzene rings is 1. The summed E-state index contributed by atoms with van der Waals surface area (Å²) in [6.07, 6.45) is 11.8. The summed E-state index contributed by atoms with van der Waals surface area (Å²) in [6.45, 7) is 1.98. The Balaban J connectivity index is 0.000000369. The van der Waals surface area contributed by atoms with Crippen molar-refractivity contribution in [3.8, 4) is 22.6 Å². The Hall–Kier alpha value is -3.40. The van der Waals surface area contributed by atoms with Crippen molar-refractivity contribution in [2.45, 2.75) is 45.4 Å². The number of hydrogen-bond acceptors (Lipinski definition) is 7. The third-order valence-electron chi connectivity index (χ3n) is 5.21. The maximum Gasteiger partial charge on any atom is 0.244 e. The molecule has 1 aliphatic heterocycles. The van der Waals surface area contributed by atoms with E-state index in [4.69, 9.17) is 5.11 Å². The van der Waals surface area contributed by atoms with Gasteiger partial charge in [0, 0.05) is 14.1 Å². The molecule has 2 aliphatic rings. The lowest BCUT2D eigenvalue weighted by Crippen LogP contribution is -2.28. The molecule has 1 amide bonds. The Morgan fingerprint density at radius 1 is 1.00 bits per heavy atom. The zero-order valence-electron chi connectivity index (χ0n) is 18.3. The fourth-order valence-electron chi connectivity index (χ4n) is 3.61. The van der Waals surface area contributed by atoms with Gasteiger partial charge in [0.1, 0.15) is 12.1 Å². The molecule has 172 valence electrons. The van der Waals surface area contributed by atoms with Crippen molar-refractivity contribution in [3.05, 3.63) is 36.0 Å². The zero-order valence-corrected chi connectivity index (χ0v) is 18.3. The second kappa shape index (κ2) is 11.3. The number of nitrogens with one attached hydrogen (secondary N) is 3. The number of halogens is 1. The highest BCUT2D eigenvalue weighted by molar-refractivity contribution is 5.98. The lowest BCUT2D eigenvalue weighted by molar-refractivity contribution is -0.114. The molecule has 1 aromatic carbocycles. The summed E-state index contributed by atoms with van der Waals surface area (Å²) in [5.74, 6) is 0.581. The highest BCUT2D eigenvalue weighted by Gasteiger charge is 2.19. The van der Waals surface area contributed by atoms with Gasteiger partial charge in [-0.15, -0.1) is 0 Å². The van der Waals surface area contributed by atoms with Crippen LogP contribution in [0.2, 0.25) is 0 Å². The van der Waals surface area contributed by atoms with Crippen LogP contribution < -0.4 is 10.6 Å². The van der Waals surface area contributed by atoms with Crippen LogP contribution in [0.4, 0.5) is 16.0 Å². The molecule has 1 saturated carbocycles. The Morgan fingerprint density at radius 3 is 2.31 bits per heavy atom. The molecule has 5 rings (SSSR count). The number of aliphatic hydroxyl groups excluding tert-OH is 1. The van der Waals surface area contributed by atoms with E-state index in [1.54, 1.807) is 6.07 Å². The minimum Gasteiger partial charge on any atom is -0.400 e. The van der Waals surface area contributed by atoms with Crippen molar-refractivity contribution >= 4 is 17.5 Å². The fourth-order valence-corrected chi connectivity index (χ4v) is 3.61. The molecular weight excluding hydrogens is 413 g/mol. The minimum absolute atomic E-state index is 0. The number of aromatic nitrogens is 5. The van der Waals surface area contributed by atoms with E-state index in [1.165, 1.54) is 57.1 Å². The fraction of sp³-hybridized carbons (Fsp3) is 0.409. The molecule has 10 heteroatoms. The van der Waals surface area contributed by atoms with E-state index >= 15 is 0 Å². The van der Waals surface area contributed by atoms with Gasteiger partial charge in [0.2, 0.25) is 5.91 Å². The van der Waals surface area contributed by atoms with Crippen LogP contribution in [0.3, 0.4) is 0 Å². The van der Waals surface area contributed by atoms with Crippen LogP contribution in [-0.4, -0.2) is 49.8 Å². The number of aryl methyl sites for hydroxylation is 1. The predicted molar refractivity (Wildman–Crippen MR) is 123 cm³/mol. The summed E-state index contributed by atoms with van der Waals surface area (Å²) in [5, 5.41) is 18.9. The van der Waals surface area contributed by atoms with Crippen LogP contribution >= 0.6 is 0 Å². The standard InChI is InChI=1S/C15H12FN7O.C6H12.CH4O.H2/c1-7-2-9(13-19-6-20-23-13)10(16)3-8(7)11-4-17-15-14(21-11)18-5-12(24)22-15;1-2-4-6-5-3-1;1-2;/h2-4,6H,5H2,1H3,(H,18,21)(H,17,22,24)(H,19,20,23);1-6H2;2H,1H3;1H. The number of nitrogens with zero attached hydrogens (tertiary/aromatic N) is 4. The molecule has 0 atom stereocenters. The first-order valence-corrected chi connectivity index (χ1v) is 10.6. The van der Waals surface area contributed by atoms with Gasteiger partial charge in [-0.25, -0.2) is 19.3 Å². The first-order valence-electron chi connectivity index (χ1n) is 10.6. The van der Waals surface area contributed by atoms with E-state index in [1.807, 2.05) is 6.92 Å². The van der Waals surface area contributed by atoms with Gasteiger partial charge in [0.15, 0.2) is 17.5 Å². The Morgan fingerprint density at radius 2 is 1.69 bits per heavy atom. The molecule has 3 heterocycles. The van der Waals surface area contributed by atoms with Crippen molar-refractivity contribution in [1.29, 1.82) is 0 Å². The van der Waals surface area contributed by atoms with E-state index in [9.17, 15) is 9.18 Å². The number of hydrogen-bond donors (Lipinski definition) is 4. The second-order valence-electron chi connectivity index (χ2n) is 7.46. The van der Waals surface area contributed by atoms with Gasteiger partial charge >= 0.3 is 0 Å². The number of H-pyrrole nitrogens is 1. The molecule has 0 spiro atoms. The van der Waals surface area contributed by atoms with Crippen molar-refractivity contribution in [3.63, 3.8) is 0 Å². The van der Waals surface area contributed by atoms with Crippen LogP contribution in [-0.2, 0) is 4.79 Å². The summed E-state index contributed by atoms with van der Waals surface area (Å²) >= 11 is 0. The van der Waals surface area contributed by atoms with Gasteiger partial charge in [-0.3, -0.25) is 9.89 Å². The summed E-state index contributed by atoms with van der Waals surface area (Å²) < 4.78 is 14.5. The Kier molecular flexibility index (Phi) is 8.20. The summed E-state index contributed by atoms with van der Waals surface area (Å²) in [4.78, 5) is 23.9. The first-order chi connectivity index (χ1) is 15.6. The number of rotatable bonds is 2. The van der Waals surface area contributed by atoms with Gasteiger partial charge in [0.25, 0.3) is 0 Å². The Bertz CT molecular complexity index is 1030. The van der Waals surface area contributed by atoms with Crippen molar-refractivity contribution < 1.29 is 15.7 Å². The second-order valence-corrected chi connectivity index (χ2v) is 7.46. The minimum atomic E-state index is -0.437. The quantitative estimate of drug-likeness (QED) is 0.472. The number of aromatic amines is 1. The van der Waals surface area contributed by atoms with Crippen LogP contribution in [0, 0.1) is 12.7 Å². The number of fused-ring (bicyclic) bond motifs is 1. The van der Waals surface area contributed by atoms with Gasteiger partial charge < -0.3 is 15.7 Å². The van der Waals surface area contributed by atoms with Crippen LogP contribution in [0.15, 0.2) is 24.7 Å². The normalized spacial score (nSPS) is 14.6. The van der Waals surface area contributed by atoms with Crippen molar-refractivity contribution in [2.24, 2.45) is 0 Å². The number of carbonyl (C=O) groups is 1. The third kappa shape index (κ3) is 5.64. The van der Waals surface area contributed by atoms with Crippen LogP contribution in [0.5, 0.6) is 0 Å². The largest absolute Gasteiger partial charge is 0.400 e. The number of carbonyl (C=O) groups excluding carboxylic acids is 1. The lowest BCUT2D eigenvalue weighted by atomic mass is 10.0. The zero-order chi connectivity index (χ0) is 22.9. The molecule has 1 aliphatic carbocycles. The van der Waals surface area contributed by atoms with E-state index in [-0.39, 0.29) is 13.9 Å². The molecule has 1 fully saturated rings. The summed E-state index contributed by atoms with van der Waals surface area (Å²) in [7, 11) is 1.00. The highest BCUT2D eigenvalue weighted by atomic mass is 19.1. The summed E-state index contributed by atoms with van der Waals surface area (Å²) in [5.41, 5.74) is 2.28. The third-order valence-corrected chi connectivity index (χ3v) is 5.21. The van der Waals surface area contributed by atoms with E-state index in [0.717, 1.165) is 12.7 Å². The number of amides is 1. The molecule has 32 heavy (non-hydrogen) atoms. The Labute approximate surface area is 187 Å². The van der Waals surface area contributed by atoms with Gasteiger partial charge in [0.05, 0.1) is 24.0 Å². The molecule has 0 unspecified atom stereocenters. The monoisotopic (exact) mass is 443 g/mol. The maximum absolute atomic E-state index is 14.5. The maximum atomic E-state index is 14.5. The average molecular weight is 444 g/mol. The SMILES string of the molecule is C1CCCCC1.CO.Cc1cc(-c2ncn[nH]2)c(F)cc1-c1cnc2c(n1)NCC(=O)N2.[HH]. The van der Waals surface area contributed by atoms with Gasteiger partial charge in [-0.2, -0.15) is 5.10 Å². The molecule has 0 radical (unpaired) electrons.